The lowest BCUT2D eigenvalue weighted by molar-refractivity contribution is 0.0934. The van der Waals surface area contributed by atoms with E-state index in [1.54, 1.807) is 6.20 Å². The van der Waals surface area contributed by atoms with Gasteiger partial charge in [0, 0.05) is 24.7 Å². The monoisotopic (exact) mass is 467 g/mol. The molecule has 176 valence electrons. The van der Waals surface area contributed by atoms with Gasteiger partial charge in [0.1, 0.15) is 11.9 Å². The van der Waals surface area contributed by atoms with Crippen molar-refractivity contribution in [3.8, 4) is 5.75 Å². The van der Waals surface area contributed by atoms with Gasteiger partial charge >= 0.3 is 6.09 Å². The lowest BCUT2D eigenvalue weighted by atomic mass is 10.1. The molecule has 1 amide bonds. The Hall–Kier alpha value is -2.63. The Kier molecular flexibility index (Phi) is 8.10. The van der Waals surface area contributed by atoms with E-state index in [1.165, 1.54) is 4.90 Å². The number of H-pyrrole nitrogens is 1. The van der Waals surface area contributed by atoms with Crippen molar-refractivity contribution in [1.82, 2.24) is 15.2 Å². The van der Waals surface area contributed by atoms with E-state index >= 15 is 0 Å². The highest BCUT2D eigenvalue weighted by Gasteiger charge is 2.25. The minimum Gasteiger partial charge on any atom is -0.490 e. The van der Waals surface area contributed by atoms with E-state index in [-0.39, 0.29) is 17.8 Å². The van der Waals surface area contributed by atoms with E-state index in [4.69, 9.17) is 14.0 Å². The number of hydrogen-bond donors (Lipinski definition) is 3. The molecule has 2 aliphatic heterocycles. The fraction of sp³-hybridized carbons (Fsp3) is 0.524. The third kappa shape index (κ3) is 7.21. The molecule has 0 radical (unpaired) electrons. The number of amides is 1. The number of aromatic amines is 1. The molecule has 2 aliphatic rings. The molecule has 3 N–H and O–H groups in total. The molecule has 0 saturated carbocycles. The number of carboxylic acid groups (broad SMARTS) is 1. The van der Waals surface area contributed by atoms with Crippen molar-refractivity contribution in [2.24, 2.45) is 0 Å². The number of rotatable bonds is 4. The van der Waals surface area contributed by atoms with Crippen molar-refractivity contribution in [2.75, 3.05) is 32.4 Å². The van der Waals surface area contributed by atoms with Crippen LogP contribution in [0.25, 0.3) is 10.8 Å². The van der Waals surface area contributed by atoms with Crippen LogP contribution in [0.1, 0.15) is 25.7 Å². The summed E-state index contributed by atoms with van der Waals surface area (Å²) < 4.78 is 32.2. The predicted octanol–water partition coefficient (Wildman–Crippen LogP) is 1.76. The van der Waals surface area contributed by atoms with Crippen LogP contribution >= 0.6 is 0 Å². The van der Waals surface area contributed by atoms with Crippen molar-refractivity contribution >= 4 is 27.0 Å². The zero-order chi connectivity index (χ0) is 23.1. The molecule has 2 aromatic rings. The Morgan fingerprint density at radius 2 is 1.78 bits per heavy atom. The normalized spacial score (nSPS) is 18.1. The van der Waals surface area contributed by atoms with Gasteiger partial charge in [0.15, 0.2) is 0 Å². The van der Waals surface area contributed by atoms with Gasteiger partial charge in [-0.25, -0.2) is 4.79 Å². The Morgan fingerprint density at radius 3 is 2.41 bits per heavy atom. The maximum Gasteiger partial charge on any atom is 0.407 e. The number of carbonyl (C=O) groups is 1. The van der Waals surface area contributed by atoms with E-state index in [0.29, 0.717) is 31.3 Å². The molecule has 0 aliphatic carbocycles. The number of ether oxygens (including phenoxy) is 1. The van der Waals surface area contributed by atoms with Crippen molar-refractivity contribution in [1.29, 1.82) is 0 Å². The summed E-state index contributed by atoms with van der Waals surface area (Å²) >= 11 is 0. The van der Waals surface area contributed by atoms with Crippen molar-refractivity contribution < 1.29 is 27.2 Å². The second kappa shape index (κ2) is 10.8. The van der Waals surface area contributed by atoms with Crippen LogP contribution in [0.5, 0.6) is 5.75 Å². The Bertz CT molecular complexity index is 1070. The summed E-state index contributed by atoms with van der Waals surface area (Å²) in [7, 11) is -3.43. The van der Waals surface area contributed by atoms with Gasteiger partial charge in [0.05, 0.1) is 12.4 Å². The predicted molar refractivity (Wildman–Crippen MR) is 120 cm³/mol. The number of nitrogens with one attached hydrogen (secondary N) is 2. The maximum absolute atomic E-state index is 11.6. The standard InChI is InChI=1S/C14H16N2O2.C7H13NO5S/c17-14-13-2-1-12(9-10(13)3-8-16-14)18-11-4-6-15-7-5-11;1-14(11,12)13-6-2-4-8(5-3-6)7(9)10/h1-3,8-9,11,15H,4-7H2,(H,16,17);6H,2-5H2,1H3,(H,9,10). The Labute approximate surface area is 186 Å². The first-order valence-corrected chi connectivity index (χ1v) is 12.4. The second-order valence-electron chi connectivity index (χ2n) is 7.89. The van der Waals surface area contributed by atoms with E-state index < -0.39 is 16.2 Å². The summed E-state index contributed by atoms with van der Waals surface area (Å²) in [6.45, 7) is 2.68. The SMILES string of the molecule is CS(=O)(=O)OC1CCN(C(=O)O)CC1.O=c1[nH]ccc2cc(OC3CCNCC3)ccc12. The number of likely N-dealkylation sites (tertiary alicyclic amines) is 1. The largest absolute Gasteiger partial charge is 0.490 e. The first kappa shape index (κ1) is 24.0. The van der Waals surface area contributed by atoms with E-state index in [0.717, 1.165) is 43.3 Å². The Morgan fingerprint density at radius 1 is 1.09 bits per heavy atom. The van der Waals surface area contributed by atoms with Crippen LogP contribution in [0.4, 0.5) is 4.79 Å². The number of pyridine rings is 1. The highest BCUT2D eigenvalue weighted by molar-refractivity contribution is 7.86. The summed E-state index contributed by atoms with van der Waals surface area (Å²) in [6, 6.07) is 7.53. The number of hydrogen-bond acceptors (Lipinski definition) is 7. The van der Waals surface area contributed by atoms with Crippen LogP contribution in [0.15, 0.2) is 35.3 Å². The van der Waals surface area contributed by atoms with Gasteiger partial charge in [0.25, 0.3) is 15.7 Å². The fourth-order valence-corrected chi connectivity index (χ4v) is 4.43. The van der Waals surface area contributed by atoms with Crippen molar-refractivity contribution in [2.45, 2.75) is 37.9 Å². The minimum atomic E-state index is -3.43. The smallest absolute Gasteiger partial charge is 0.407 e. The highest BCUT2D eigenvalue weighted by atomic mass is 32.2. The summed E-state index contributed by atoms with van der Waals surface area (Å²) in [5.41, 5.74) is -0.0547. The highest BCUT2D eigenvalue weighted by Crippen LogP contribution is 2.21. The first-order chi connectivity index (χ1) is 15.2. The number of fused-ring (bicyclic) bond motifs is 1. The molecule has 0 atom stereocenters. The van der Waals surface area contributed by atoms with Gasteiger partial charge in [-0.05, 0) is 68.4 Å². The van der Waals surface area contributed by atoms with E-state index in [9.17, 15) is 18.0 Å². The first-order valence-electron chi connectivity index (χ1n) is 10.6. The van der Waals surface area contributed by atoms with Crippen LogP contribution in [0.3, 0.4) is 0 Å². The molecular formula is C21H29N3O7S. The third-order valence-electron chi connectivity index (χ3n) is 5.36. The van der Waals surface area contributed by atoms with Gasteiger partial charge in [-0.1, -0.05) is 0 Å². The number of benzene rings is 1. The molecule has 10 nitrogen and oxygen atoms in total. The molecule has 4 rings (SSSR count). The number of nitrogens with zero attached hydrogens (tertiary/aromatic N) is 1. The number of piperidine rings is 2. The zero-order valence-electron chi connectivity index (χ0n) is 18.0. The molecule has 2 fully saturated rings. The zero-order valence-corrected chi connectivity index (χ0v) is 18.8. The molecule has 0 bridgehead atoms. The van der Waals surface area contributed by atoms with Crippen LogP contribution in [0, 0.1) is 0 Å². The molecule has 3 heterocycles. The average Bonchev–Trinajstić information content (AvgIpc) is 2.74. The van der Waals surface area contributed by atoms with Crippen LogP contribution in [-0.2, 0) is 14.3 Å². The third-order valence-corrected chi connectivity index (χ3v) is 5.98. The van der Waals surface area contributed by atoms with Crippen molar-refractivity contribution in [3.05, 3.63) is 40.8 Å². The maximum atomic E-state index is 11.6. The fourth-order valence-electron chi connectivity index (χ4n) is 3.74. The van der Waals surface area contributed by atoms with Gasteiger partial charge in [0.2, 0.25) is 0 Å². The topological polar surface area (TPSA) is 138 Å². The van der Waals surface area contributed by atoms with Gasteiger partial charge in [-0.15, -0.1) is 0 Å². The minimum absolute atomic E-state index is 0.0547. The van der Waals surface area contributed by atoms with Gasteiger partial charge in [-0.2, -0.15) is 8.42 Å². The van der Waals surface area contributed by atoms with Gasteiger partial charge in [-0.3, -0.25) is 8.98 Å². The molecule has 1 aromatic heterocycles. The van der Waals surface area contributed by atoms with Crippen LogP contribution in [0.2, 0.25) is 0 Å². The van der Waals surface area contributed by atoms with Crippen LogP contribution < -0.4 is 15.6 Å². The summed E-state index contributed by atoms with van der Waals surface area (Å²) in [6.07, 6.45) is 4.53. The van der Waals surface area contributed by atoms with E-state index in [1.807, 2.05) is 24.3 Å². The average molecular weight is 468 g/mol. The Balaban J connectivity index is 0.000000188. The van der Waals surface area contributed by atoms with E-state index in [2.05, 4.69) is 10.3 Å². The molecule has 0 spiro atoms. The van der Waals surface area contributed by atoms with Crippen LogP contribution in [-0.4, -0.2) is 74.1 Å². The molecule has 0 unspecified atom stereocenters. The summed E-state index contributed by atoms with van der Waals surface area (Å²) in [5.74, 6) is 0.847. The summed E-state index contributed by atoms with van der Waals surface area (Å²) in [5, 5.41) is 13.6. The molecule has 2 saturated heterocycles. The molecule has 32 heavy (non-hydrogen) atoms. The quantitative estimate of drug-likeness (QED) is 0.579. The molecule has 1 aromatic carbocycles. The summed E-state index contributed by atoms with van der Waals surface area (Å²) in [4.78, 5) is 26.0. The van der Waals surface area contributed by atoms with Crippen molar-refractivity contribution in [3.63, 3.8) is 0 Å². The number of aromatic nitrogens is 1. The lowest BCUT2D eigenvalue weighted by Crippen LogP contribution is -2.40. The lowest BCUT2D eigenvalue weighted by Gasteiger charge is -2.28. The van der Waals surface area contributed by atoms with Gasteiger partial charge < -0.3 is 25.0 Å². The molecule has 11 heteroatoms. The molecular weight excluding hydrogens is 438 g/mol. The second-order valence-corrected chi connectivity index (χ2v) is 9.49.